The Kier molecular flexibility index (Phi) is 8.56. The maximum absolute atomic E-state index is 13.1. The molecule has 1 aliphatic carbocycles. The lowest BCUT2D eigenvalue weighted by Crippen LogP contribution is -2.50. The Morgan fingerprint density at radius 2 is 1.90 bits per heavy atom. The summed E-state index contributed by atoms with van der Waals surface area (Å²) in [5, 5.41) is 3.11. The fourth-order valence-electron chi connectivity index (χ4n) is 3.57. The zero-order valence-corrected chi connectivity index (χ0v) is 20.7. The average Bonchev–Trinajstić information content (AvgIpc) is 3.24. The van der Waals surface area contributed by atoms with E-state index in [9.17, 15) is 9.59 Å². The van der Waals surface area contributed by atoms with Gasteiger partial charge in [0, 0.05) is 20.6 Å². The molecular formula is C23H26BrIN2O3. The van der Waals surface area contributed by atoms with E-state index in [-0.39, 0.29) is 24.5 Å². The van der Waals surface area contributed by atoms with Gasteiger partial charge in [-0.15, -0.1) is 0 Å². The summed E-state index contributed by atoms with van der Waals surface area (Å²) < 4.78 is 7.73. The number of benzene rings is 2. The molecule has 30 heavy (non-hydrogen) atoms. The molecule has 2 amide bonds. The van der Waals surface area contributed by atoms with Crippen LogP contribution in [0.25, 0.3) is 0 Å². The maximum Gasteiger partial charge on any atom is 0.261 e. The number of halogens is 2. The number of nitrogens with zero attached hydrogens (tertiary/aromatic N) is 1. The predicted octanol–water partition coefficient (Wildman–Crippen LogP) is 4.91. The van der Waals surface area contributed by atoms with Gasteiger partial charge in [0.1, 0.15) is 11.8 Å². The molecule has 0 spiro atoms. The van der Waals surface area contributed by atoms with Gasteiger partial charge in [-0.25, -0.2) is 0 Å². The molecule has 0 aromatic heterocycles. The minimum absolute atomic E-state index is 0.112. The van der Waals surface area contributed by atoms with Crippen LogP contribution in [0.3, 0.4) is 0 Å². The largest absolute Gasteiger partial charge is 0.484 e. The molecule has 2 aromatic carbocycles. The molecule has 160 valence electrons. The minimum Gasteiger partial charge on any atom is -0.484 e. The van der Waals surface area contributed by atoms with Crippen molar-refractivity contribution in [3.8, 4) is 5.75 Å². The van der Waals surface area contributed by atoms with Crippen LogP contribution < -0.4 is 10.1 Å². The van der Waals surface area contributed by atoms with Gasteiger partial charge in [0.25, 0.3) is 5.91 Å². The van der Waals surface area contributed by atoms with E-state index in [0.29, 0.717) is 12.3 Å². The molecule has 3 rings (SSSR count). The molecule has 2 aromatic rings. The van der Waals surface area contributed by atoms with Gasteiger partial charge in [-0.3, -0.25) is 9.59 Å². The van der Waals surface area contributed by atoms with Crippen LogP contribution in [0.2, 0.25) is 0 Å². The molecular weight excluding hydrogens is 559 g/mol. The smallest absolute Gasteiger partial charge is 0.261 e. The van der Waals surface area contributed by atoms with E-state index in [4.69, 9.17) is 4.74 Å². The maximum atomic E-state index is 13.1. The summed E-state index contributed by atoms with van der Waals surface area (Å²) in [6.07, 6.45) is 4.30. The standard InChI is InChI=1S/C23H26BrIN2O3/c1-16(23(29)26-20-7-2-3-8-20)27(14-17-5-4-6-18(24)13-17)22(28)15-30-21-11-9-19(25)10-12-21/h4-6,9-13,16,20H,2-3,7-8,14-15H2,1H3,(H,26,29). The van der Waals surface area contributed by atoms with Gasteiger partial charge in [-0.2, -0.15) is 0 Å². The van der Waals surface area contributed by atoms with E-state index in [2.05, 4.69) is 43.8 Å². The van der Waals surface area contributed by atoms with Crippen LogP contribution in [0.5, 0.6) is 5.75 Å². The average molecular weight is 585 g/mol. The summed E-state index contributed by atoms with van der Waals surface area (Å²) >= 11 is 5.69. The van der Waals surface area contributed by atoms with Gasteiger partial charge in [0.05, 0.1) is 0 Å². The highest BCUT2D eigenvalue weighted by molar-refractivity contribution is 14.1. The van der Waals surface area contributed by atoms with Crippen LogP contribution in [0, 0.1) is 3.57 Å². The highest BCUT2D eigenvalue weighted by Crippen LogP contribution is 2.20. The number of carbonyl (C=O) groups is 2. The lowest BCUT2D eigenvalue weighted by Gasteiger charge is -2.29. The third-order valence-corrected chi connectivity index (χ3v) is 6.50. The molecule has 1 saturated carbocycles. The van der Waals surface area contributed by atoms with Gasteiger partial charge < -0.3 is 15.0 Å². The van der Waals surface area contributed by atoms with E-state index >= 15 is 0 Å². The Bertz CT molecular complexity index is 869. The van der Waals surface area contributed by atoms with Crippen molar-refractivity contribution in [3.63, 3.8) is 0 Å². The van der Waals surface area contributed by atoms with Crippen LogP contribution in [0.15, 0.2) is 53.0 Å². The zero-order valence-electron chi connectivity index (χ0n) is 16.9. The molecule has 0 saturated heterocycles. The highest BCUT2D eigenvalue weighted by Gasteiger charge is 2.28. The van der Waals surface area contributed by atoms with Crippen molar-refractivity contribution in [1.29, 1.82) is 0 Å². The van der Waals surface area contributed by atoms with Gasteiger partial charge in [-0.1, -0.05) is 40.9 Å². The van der Waals surface area contributed by atoms with Crippen LogP contribution in [-0.4, -0.2) is 35.4 Å². The van der Waals surface area contributed by atoms with Crippen molar-refractivity contribution in [1.82, 2.24) is 10.2 Å². The first-order valence-electron chi connectivity index (χ1n) is 10.1. The molecule has 0 aliphatic heterocycles. The number of ether oxygens (including phenoxy) is 1. The molecule has 0 heterocycles. The Morgan fingerprint density at radius 1 is 1.20 bits per heavy atom. The van der Waals surface area contributed by atoms with E-state index in [1.165, 1.54) is 0 Å². The zero-order chi connectivity index (χ0) is 21.5. The molecule has 0 bridgehead atoms. The van der Waals surface area contributed by atoms with Crippen LogP contribution >= 0.6 is 38.5 Å². The molecule has 1 N–H and O–H groups in total. The van der Waals surface area contributed by atoms with Crippen molar-refractivity contribution < 1.29 is 14.3 Å². The summed E-state index contributed by atoms with van der Waals surface area (Å²) in [7, 11) is 0. The van der Waals surface area contributed by atoms with Crippen molar-refractivity contribution >= 4 is 50.3 Å². The third-order valence-electron chi connectivity index (χ3n) is 5.29. The molecule has 1 unspecified atom stereocenters. The minimum atomic E-state index is -0.586. The van der Waals surface area contributed by atoms with Crippen molar-refractivity contribution in [3.05, 3.63) is 62.1 Å². The summed E-state index contributed by atoms with van der Waals surface area (Å²) in [5.41, 5.74) is 0.951. The van der Waals surface area contributed by atoms with Gasteiger partial charge >= 0.3 is 0 Å². The lowest BCUT2D eigenvalue weighted by molar-refractivity contribution is -0.142. The number of hydrogen-bond acceptors (Lipinski definition) is 3. The Morgan fingerprint density at radius 3 is 2.57 bits per heavy atom. The molecule has 1 fully saturated rings. The van der Waals surface area contributed by atoms with Gasteiger partial charge in [0.2, 0.25) is 5.91 Å². The third kappa shape index (κ3) is 6.70. The Hall–Kier alpha value is -1.61. The second kappa shape index (κ2) is 11.1. The van der Waals surface area contributed by atoms with Crippen molar-refractivity contribution in [2.45, 2.75) is 51.2 Å². The molecule has 1 aliphatic rings. The summed E-state index contributed by atoms with van der Waals surface area (Å²) in [4.78, 5) is 27.5. The Balaban J connectivity index is 1.70. The van der Waals surface area contributed by atoms with Crippen LogP contribution in [0.4, 0.5) is 0 Å². The van der Waals surface area contributed by atoms with Crippen molar-refractivity contribution in [2.75, 3.05) is 6.61 Å². The van der Waals surface area contributed by atoms with Gasteiger partial charge in [-0.05, 0) is 84.3 Å². The SMILES string of the molecule is CC(C(=O)NC1CCCC1)N(Cc1cccc(Br)c1)C(=O)COc1ccc(I)cc1. The first-order chi connectivity index (χ1) is 14.4. The fraction of sp³-hybridized carbons (Fsp3) is 0.391. The number of hydrogen-bond donors (Lipinski definition) is 1. The first kappa shape index (κ1) is 23.1. The quantitative estimate of drug-likeness (QED) is 0.449. The number of rotatable bonds is 8. The Labute approximate surface area is 199 Å². The van der Waals surface area contributed by atoms with Crippen LogP contribution in [0.1, 0.15) is 38.2 Å². The predicted molar refractivity (Wildman–Crippen MR) is 129 cm³/mol. The van der Waals surface area contributed by atoms with E-state index in [1.807, 2.05) is 48.5 Å². The summed E-state index contributed by atoms with van der Waals surface area (Å²) in [6.45, 7) is 2.01. The number of nitrogens with one attached hydrogen (secondary N) is 1. The van der Waals surface area contributed by atoms with E-state index in [1.54, 1.807) is 11.8 Å². The normalized spacial score (nSPS) is 14.9. The monoisotopic (exact) mass is 584 g/mol. The van der Waals surface area contributed by atoms with E-state index < -0.39 is 6.04 Å². The molecule has 7 heteroatoms. The van der Waals surface area contributed by atoms with E-state index in [0.717, 1.165) is 39.3 Å². The molecule has 0 radical (unpaired) electrons. The molecule has 5 nitrogen and oxygen atoms in total. The second-order valence-electron chi connectivity index (χ2n) is 7.56. The number of carbonyl (C=O) groups excluding carboxylic acids is 2. The number of amides is 2. The topological polar surface area (TPSA) is 58.6 Å². The van der Waals surface area contributed by atoms with Crippen LogP contribution in [-0.2, 0) is 16.1 Å². The summed E-state index contributed by atoms with van der Waals surface area (Å²) in [6, 6.07) is 14.9. The van der Waals surface area contributed by atoms with Crippen molar-refractivity contribution in [2.24, 2.45) is 0 Å². The highest BCUT2D eigenvalue weighted by atomic mass is 127. The lowest BCUT2D eigenvalue weighted by atomic mass is 10.1. The molecule has 1 atom stereocenters. The second-order valence-corrected chi connectivity index (χ2v) is 9.72. The van der Waals surface area contributed by atoms with Gasteiger partial charge in [0.15, 0.2) is 6.61 Å². The first-order valence-corrected chi connectivity index (χ1v) is 12.0. The summed E-state index contributed by atoms with van der Waals surface area (Å²) in [5.74, 6) is 0.302. The fourth-order valence-corrected chi connectivity index (χ4v) is 4.37.